The zero-order valence-corrected chi connectivity index (χ0v) is 12.9. The van der Waals surface area contributed by atoms with Crippen molar-refractivity contribution in [2.24, 2.45) is 0 Å². The summed E-state index contributed by atoms with van der Waals surface area (Å²) < 4.78 is 6.73. The first-order valence-corrected chi connectivity index (χ1v) is 6.78. The number of ether oxygens (including phenoxy) is 1. The predicted molar refractivity (Wildman–Crippen MR) is 77.9 cm³/mol. The lowest BCUT2D eigenvalue weighted by Gasteiger charge is -2.10. The van der Waals surface area contributed by atoms with Crippen LogP contribution in [0.2, 0.25) is 10.0 Å². The molecule has 2 nitrogen and oxygen atoms in total. The number of rotatable bonds is 2. The van der Waals surface area contributed by atoms with Gasteiger partial charge in [-0.1, -0.05) is 39.1 Å². The van der Waals surface area contributed by atoms with Crippen LogP contribution < -0.4 is 4.74 Å². The van der Waals surface area contributed by atoms with Crippen LogP contribution in [-0.4, -0.2) is 4.98 Å². The minimum Gasteiger partial charge on any atom is -0.438 e. The van der Waals surface area contributed by atoms with E-state index >= 15 is 0 Å². The zero-order valence-electron chi connectivity index (χ0n) is 9.80. The van der Waals surface area contributed by atoms with E-state index in [4.69, 9.17) is 27.9 Å². The minimum absolute atomic E-state index is 0.349. The third-order valence-electron chi connectivity index (χ3n) is 2.40. The molecule has 1 aromatic heterocycles. The maximum atomic E-state index is 6.01. The van der Waals surface area contributed by atoms with E-state index < -0.39 is 0 Å². The monoisotopic (exact) mass is 345 g/mol. The largest absolute Gasteiger partial charge is 0.438 e. The Labute approximate surface area is 124 Å². The van der Waals surface area contributed by atoms with Crippen molar-refractivity contribution in [3.05, 3.63) is 50.0 Å². The van der Waals surface area contributed by atoms with E-state index in [1.807, 2.05) is 26.0 Å². The molecule has 0 unspecified atom stereocenters. The number of aromatic nitrogens is 1. The molecule has 0 fully saturated rings. The smallest absolute Gasteiger partial charge is 0.238 e. The molecule has 0 saturated heterocycles. The van der Waals surface area contributed by atoms with E-state index in [1.165, 1.54) is 6.20 Å². The average Bonchev–Trinajstić information content (AvgIpc) is 2.29. The number of hydrogen-bond acceptors (Lipinski definition) is 2. The second-order valence-electron chi connectivity index (χ2n) is 3.91. The van der Waals surface area contributed by atoms with Gasteiger partial charge in [-0.25, -0.2) is 4.98 Å². The summed E-state index contributed by atoms with van der Waals surface area (Å²) in [5, 5.41) is 0.872. The fraction of sp³-hybridized carbons (Fsp3) is 0.154. The van der Waals surface area contributed by atoms with Crippen molar-refractivity contribution in [3.63, 3.8) is 0 Å². The molecule has 2 rings (SSSR count). The zero-order chi connectivity index (χ0) is 13.3. The Morgan fingerprint density at radius 3 is 2.28 bits per heavy atom. The molecular weight excluding hydrogens is 337 g/mol. The molecule has 0 atom stereocenters. The van der Waals surface area contributed by atoms with Crippen LogP contribution in [0.15, 0.2) is 28.9 Å². The predicted octanol–water partition coefficient (Wildman–Crippen LogP) is 5.56. The van der Waals surface area contributed by atoms with Gasteiger partial charge in [-0.05, 0) is 43.2 Å². The van der Waals surface area contributed by atoms with Gasteiger partial charge in [-0.15, -0.1) is 0 Å². The Kier molecular flexibility index (Phi) is 4.15. The van der Waals surface area contributed by atoms with E-state index in [9.17, 15) is 0 Å². The van der Waals surface area contributed by atoms with Crippen molar-refractivity contribution in [2.75, 3.05) is 0 Å². The lowest BCUT2D eigenvalue weighted by atomic mass is 10.1. The van der Waals surface area contributed by atoms with Crippen molar-refractivity contribution in [1.29, 1.82) is 0 Å². The lowest BCUT2D eigenvalue weighted by molar-refractivity contribution is 0.462. The maximum Gasteiger partial charge on any atom is 0.238 e. The van der Waals surface area contributed by atoms with Crippen LogP contribution in [0.1, 0.15) is 11.1 Å². The molecule has 18 heavy (non-hydrogen) atoms. The normalized spacial score (nSPS) is 10.5. The van der Waals surface area contributed by atoms with Crippen LogP contribution in [-0.2, 0) is 0 Å². The standard InChI is InChI=1S/C13H10BrCl2NO/c1-7-3-10(4-8(2)12(7)14)18-13-11(16)5-9(15)6-17-13/h3-6H,1-2H3. The molecular formula is C13H10BrCl2NO. The third-order valence-corrected chi connectivity index (χ3v) is 4.13. The van der Waals surface area contributed by atoms with Gasteiger partial charge in [0.25, 0.3) is 0 Å². The number of aryl methyl sites for hydroxylation is 2. The number of pyridine rings is 1. The van der Waals surface area contributed by atoms with E-state index in [1.54, 1.807) is 6.07 Å². The summed E-state index contributed by atoms with van der Waals surface area (Å²) in [7, 11) is 0. The number of hydrogen-bond donors (Lipinski definition) is 0. The second-order valence-corrected chi connectivity index (χ2v) is 5.55. The Bertz CT molecular complexity index is 579. The molecule has 0 amide bonds. The fourth-order valence-corrected chi connectivity index (χ4v) is 2.20. The Balaban J connectivity index is 2.34. The van der Waals surface area contributed by atoms with Gasteiger partial charge in [0, 0.05) is 10.7 Å². The molecule has 0 N–H and O–H groups in total. The lowest BCUT2D eigenvalue weighted by Crippen LogP contribution is -1.91. The summed E-state index contributed by atoms with van der Waals surface area (Å²) in [6.45, 7) is 4.00. The van der Waals surface area contributed by atoms with Crippen molar-refractivity contribution in [1.82, 2.24) is 4.98 Å². The fourth-order valence-electron chi connectivity index (χ4n) is 1.55. The summed E-state index contributed by atoms with van der Waals surface area (Å²) in [5.74, 6) is 1.05. The van der Waals surface area contributed by atoms with Crippen molar-refractivity contribution in [2.45, 2.75) is 13.8 Å². The van der Waals surface area contributed by atoms with E-state index in [2.05, 4.69) is 20.9 Å². The molecule has 0 aliphatic heterocycles. The molecule has 0 radical (unpaired) electrons. The molecule has 0 aliphatic rings. The van der Waals surface area contributed by atoms with Crippen molar-refractivity contribution < 1.29 is 4.74 Å². The van der Waals surface area contributed by atoms with Gasteiger partial charge in [0.05, 0.1) is 5.02 Å². The maximum absolute atomic E-state index is 6.01. The average molecular weight is 347 g/mol. The Morgan fingerprint density at radius 2 is 1.72 bits per heavy atom. The Morgan fingerprint density at radius 1 is 1.11 bits per heavy atom. The van der Waals surface area contributed by atoms with E-state index in [0.717, 1.165) is 15.6 Å². The molecule has 1 heterocycles. The van der Waals surface area contributed by atoms with Crippen LogP contribution >= 0.6 is 39.1 Å². The molecule has 0 spiro atoms. The summed E-state index contributed by atoms with van der Waals surface area (Å²) in [6.07, 6.45) is 1.50. The molecule has 94 valence electrons. The van der Waals surface area contributed by atoms with Gasteiger partial charge in [0.15, 0.2) is 0 Å². The molecule has 1 aromatic carbocycles. The van der Waals surface area contributed by atoms with Gasteiger partial charge in [-0.3, -0.25) is 0 Å². The highest BCUT2D eigenvalue weighted by atomic mass is 79.9. The molecule has 2 aromatic rings. The molecule has 0 bridgehead atoms. The second kappa shape index (κ2) is 5.47. The molecule has 0 saturated carbocycles. The highest BCUT2D eigenvalue weighted by Crippen LogP contribution is 2.32. The van der Waals surface area contributed by atoms with Crippen molar-refractivity contribution in [3.8, 4) is 11.6 Å². The number of nitrogens with zero attached hydrogens (tertiary/aromatic N) is 1. The highest BCUT2D eigenvalue weighted by Gasteiger charge is 2.08. The topological polar surface area (TPSA) is 22.1 Å². The summed E-state index contributed by atoms with van der Waals surface area (Å²) >= 11 is 15.3. The van der Waals surface area contributed by atoms with Gasteiger partial charge in [0.2, 0.25) is 5.88 Å². The number of benzene rings is 1. The SMILES string of the molecule is Cc1cc(Oc2ncc(Cl)cc2Cl)cc(C)c1Br. The van der Waals surface area contributed by atoms with Gasteiger partial charge in [-0.2, -0.15) is 0 Å². The van der Waals surface area contributed by atoms with Crippen LogP contribution in [0.4, 0.5) is 0 Å². The summed E-state index contributed by atoms with van der Waals surface area (Å²) in [6, 6.07) is 5.44. The number of halogens is 3. The molecule has 0 aliphatic carbocycles. The third kappa shape index (κ3) is 2.97. The first kappa shape index (κ1) is 13.7. The van der Waals surface area contributed by atoms with Gasteiger partial charge in [0.1, 0.15) is 10.8 Å². The van der Waals surface area contributed by atoms with Crippen LogP contribution in [0.5, 0.6) is 11.6 Å². The molecule has 5 heteroatoms. The first-order valence-electron chi connectivity index (χ1n) is 5.23. The van der Waals surface area contributed by atoms with Crippen LogP contribution in [0.25, 0.3) is 0 Å². The summed E-state index contributed by atoms with van der Waals surface area (Å²) in [5.41, 5.74) is 2.19. The summed E-state index contributed by atoms with van der Waals surface area (Å²) in [4.78, 5) is 4.06. The minimum atomic E-state index is 0.349. The quantitative estimate of drug-likeness (QED) is 0.710. The van der Waals surface area contributed by atoms with Crippen LogP contribution in [0, 0.1) is 13.8 Å². The van der Waals surface area contributed by atoms with E-state index in [-0.39, 0.29) is 0 Å². The van der Waals surface area contributed by atoms with Crippen LogP contribution in [0.3, 0.4) is 0 Å². The van der Waals surface area contributed by atoms with E-state index in [0.29, 0.717) is 21.7 Å². The van der Waals surface area contributed by atoms with Crippen molar-refractivity contribution >= 4 is 39.1 Å². The van der Waals surface area contributed by atoms with Gasteiger partial charge >= 0.3 is 0 Å². The van der Waals surface area contributed by atoms with Gasteiger partial charge < -0.3 is 4.74 Å². The first-order chi connectivity index (χ1) is 8.47. The Hall–Kier alpha value is -0.770. The highest BCUT2D eigenvalue weighted by molar-refractivity contribution is 9.10.